The molecule has 0 radical (unpaired) electrons. The number of hydrogen-bond donors (Lipinski definition) is 1. The van der Waals surface area contributed by atoms with Crippen molar-refractivity contribution in [2.75, 3.05) is 13.7 Å². The van der Waals surface area contributed by atoms with Crippen molar-refractivity contribution < 1.29 is 18.7 Å². The highest BCUT2D eigenvalue weighted by Gasteiger charge is 2.26. The number of nitrogens with one attached hydrogen (secondary N) is 1. The summed E-state index contributed by atoms with van der Waals surface area (Å²) >= 11 is 0. The molecule has 2 aromatic carbocycles. The summed E-state index contributed by atoms with van der Waals surface area (Å²) in [7, 11) is 1.60. The molecule has 0 saturated heterocycles. The Hall–Kier alpha value is -3.68. The average molecular weight is 422 g/mol. The maximum absolute atomic E-state index is 13.2. The van der Waals surface area contributed by atoms with Crippen molar-refractivity contribution in [3.05, 3.63) is 82.9 Å². The Kier molecular flexibility index (Phi) is 5.97. The second kappa shape index (κ2) is 8.99. The molecular weight excluding hydrogens is 399 g/mol. The van der Waals surface area contributed by atoms with Crippen LogP contribution in [0, 0.1) is 5.82 Å². The van der Waals surface area contributed by atoms with E-state index in [-0.39, 0.29) is 23.3 Å². The van der Waals surface area contributed by atoms with Gasteiger partial charge in [-0.25, -0.2) is 4.39 Å². The zero-order chi connectivity index (χ0) is 21.8. The standard InChI is InChI=1S/C23H23FN4O3/c1-31-19-9-5-16(6-10-19)14-25-22(29)20-13-21-23(30)27(11-2-12-28(21)26-20)15-17-3-7-18(24)8-4-17/h3-10,13H,2,11-12,14-15H2,1H3,(H,25,29). The number of methoxy groups -OCH3 is 1. The number of ether oxygens (including phenoxy) is 1. The summed E-state index contributed by atoms with van der Waals surface area (Å²) in [6.45, 7) is 1.84. The fourth-order valence-corrected chi connectivity index (χ4v) is 3.52. The summed E-state index contributed by atoms with van der Waals surface area (Å²) in [5.74, 6) is -0.0938. The van der Waals surface area contributed by atoms with Crippen LogP contribution in [0.5, 0.6) is 5.75 Å². The fraction of sp³-hybridized carbons (Fsp3) is 0.261. The molecule has 0 bridgehead atoms. The van der Waals surface area contributed by atoms with Gasteiger partial charge in [0.15, 0.2) is 5.69 Å². The van der Waals surface area contributed by atoms with Gasteiger partial charge in [-0.15, -0.1) is 0 Å². The van der Waals surface area contributed by atoms with Crippen LogP contribution in [0.25, 0.3) is 0 Å². The normalized spacial score (nSPS) is 13.5. The number of hydrogen-bond acceptors (Lipinski definition) is 4. The largest absolute Gasteiger partial charge is 0.497 e. The second-order valence-electron chi connectivity index (χ2n) is 7.38. The van der Waals surface area contributed by atoms with Gasteiger partial charge in [-0.05, 0) is 41.8 Å². The van der Waals surface area contributed by atoms with Crippen LogP contribution >= 0.6 is 0 Å². The highest BCUT2D eigenvalue weighted by Crippen LogP contribution is 2.17. The molecule has 0 aliphatic carbocycles. The Morgan fingerprint density at radius 2 is 1.81 bits per heavy atom. The first-order chi connectivity index (χ1) is 15.0. The van der Waals surface area contributed by atoms with E-state index < -0.39 is 0 Å². The third-order valence-electron chi connectivity index (χ3n) is 5.22. The molecule has 1 aliphatic rings. The van der Waals surface area contributed by atoms with E-state index in [2.05, 4.69) is 10.4 Å². The molecule has 160 valence electrons. The fourth-order valence-electron chi connectivity index (χ4n) is 3.52. The molecule has 8 heteroatoms. The molecule has 1 N–H and O–H groups in total. The number of fused-ring (bicyclic) bond motifs is 1. The molecular formula is C23H23FN4O3. The van der Waals surface area contributed by atoms with Crippen LogP contribution in [0.2, 0.25) is 0 Å². The average Bonchev–Trinajstić information content (AvgIpc) is 3.16. The van der Waals surface area contributed by atoms with Crippen LogP contribution in [0.1, 0.15) is 38.5 Å². The molecule has 0 fully saturated rings. The van der Waals surface area contributed by atoms with Gasteiger partial charge in [0.1, 0.15) is 17.3 Å². The first kappa shape index (κ1) is 20.6. The predicted octanol–water partition coefficient (Wildman–Crippen LogP) is 3.01. The van der Waals surface area contributed by atoms with E-state index in [0.717, 1.165) is 16.9 Å². The maximum Gasteiger partial charge on any atom is 0.272 e. The van der Waals surface area contributed by atoms with E-state index in [4.69, 9.17) is 4.74 Å². The number of aromatic nitrogens is 2. The van der Waals surface area contributed by atoms with Crippen LogP contribution in [0.4, 0.5) is 4.39 Å². The Bertz CT molecular complexity index is 1080. The lowest BCUT2D eigenvalue weighted by atomic mass is 10.2. The van der Waals surface area contributed by atoms with Gasteiger partial charge in [0, 0.05) is 32.2 Å². The summed E-state index contributed by atoms with van der Waals surface area (Å²) in [5.41, 5.74) is 2.37. The maximum atomic E-state index is 13.2. The molecule has 1 aliphatic heterocycles. The minimum absolute atomic E-state index is 0.191. The number of rotatable bonds is 6. The van der Waals surface area contributed by atoms with Crippen LogP contribution in [-0.2, 0) is 19.6 Å². The molecule has 0 unspecified atom stereocenters. The number of carbonyl (C=O) groups is 2. The SMILES string of the molecule is COc1ccc(CNC(=O)c2cc3n(n2)CCCN(Cc2ccc(F)cc2)C3=O)cc1. The van der Waals surface area contributed by atoms with Crippen LogP contribution in [-0.4, -0.2) is 40.1 Å². The monoisotopic (exact) mass is 422 g/mol. The van der Waals surface area contributed by atoms with E-state index in [1.807, 2.05) is 24.3 Å². The van der Waals surface area contributed by atoms with Gasteiger partial charge in [-0.2, -0.15) is 5.10 Å². The second-order valence-corrected chi connectivity index (χ2v) is 7.38. The Labute approximate surface area is 179 Å². The number of carbonyl (C=O) groups excluding carboxylic acids is 2. The van der Waals surface area contributed by atoms with Crippen molar-refractivity contribution in [2.24, 2.45) is 0 Å². The van der Waals surface area contributed by atoms with Gasteiger partial charge >= 0.3 is 0 Å². The quantitative estimate of drug-likeness (QED) is 0.663. The predicted molar refractivity (Wildman–Crippen MR) is 112 cm³/mol. The Balaban J connectivity index is 1.44. The Morgan fingerprint density at radius 3 is 2.52 bits per heavy atom. The van der Waals surface area contributed by atoms with Crippen molar-refractivity contribution in [3.8, 4) is 5.75 Å². The molecule has 0 spiro atoms. The zero-order valence-electron chi connectivity index (χ0n) is 17.2. The van der Waals surface area contributed by atoms with Crippen molar-refractivity contribution >= 4 is 11.8 Å². The van der Waals surface area contributed by atoms with E-state index in [0.29, 0.717) is 38.3 Å². The molecule has 0 atom stereocenters. The van der Waals surface area contributed by atoms with Crippen LogP contribution in [0.15, 0.2) is 54.6 Å². The lowest BCUT2D eigenvalue weighted by Crippen LogP contribution is -2.30. The molecule has 1 aromatic heterocycles. The van der Waals surface area contributed by atoms with Crippen molar-refractivity contribution in [2.45, 2.75) is 26.1 Å². The third-order valence-corrected chi connectivity index (χ3v) is 5.22. The van der Waals surface area contributed by atoms with Gasteiger partial charge in [-0.1, -0.05) is 24.3 Å². The molecule has 4 rings (SSSR count). The van der Waals surface area contributed by atoms with Crippen molar-refractivity contribution in [1.82, 2.24) is 20.0 Å². The minimum atomic E-state index is -0.339. The molecule has 31 heavy (non-hydrogen) atoms. The first-order valence-electron chi connectivity index (χ1n) is 10.1. The molecule has 2 heterocycles. The van der Waals surface area contributed by atoms with Gasteiger partial charge in [-0.3, -0.25) is 14.3 Å². The highest BCUT2D eigenvalue weighted by atomic mass is 19.1. The number of halogens is 1. The highest BCUT2D eigenvalue weighted by molar-refractivity contribution is 5.98. The number of nitrogens with zero attached hydrogens (tertiary/aromatic N) is 3. The van der Waals surface area contributed by atoms with Crippen molar-refractivity contribution in [1.29, 1.82) is 0 Å². The topological polar surface area (TPSA) is 76.5 Å². The van der Waals surface area contributed by atoms with E-state index in [1.54, 1.807) is 28.8 Å². The van der Waals surface area contributed by atoms with Gasteiger partial charge in [0.25, 0.3) is 11.8 Å². The zero-order valence-corrected chi connectivity index (χ0v) is 17.2. The summed E-state index contributed by atoms with van der Waals surface area (Å²) in [5, 5.41) is 7.17. The summed E-state index contributed by atoms with van der Waals surface area (Å²) in [6, 6.07) is 15.0. The Morgan fingerprint density at radius 1 is 1.10 bits per heavy atom. The molecule has 7 nitrogen and oxygen atoms in total. The lowest BCUT2D eigenvalue weighted by Gasteiger charge is -2.20. The van der Waals surface area contributed by atoms with Gasteiger partial charge in [0.2, 0.25) is 0 Å². The van der Waals surface area contributed by atoms with Crippen molar-refractivity contribution in [3.63, 3.8) is 0 Å². The molecule has 0 saturated carbocycles. The van der Waals surface area contributed by atoms with Crippen LogP contribution < -0.4 is 10.1 Å². The number of benzene rings is 2. The minimum Gasteiger partial charge on any atom is -0.497 e. The third kappa shape index (κ3) is 4.74. The summed E-state index contributed by atoms with van der Waals surface area (Å²) in [4.78, 5) is 27.3. The molecule has 2 amide bonds. The summed E-state index contributed by atoms with van der Waals surface area (Å²) in [6.07, 6.45) is 0.717. The van der Waals surface area contributed by atoms with E-state index in [1.165, 1.54) is 18.2 Å². The number of aryl methyl sites for hydroxylation is 1. The van der Waals surface area contributed by atoms with E-state index >= 15 is 0 Å². The smallest absolute Gasteiger partial charge is 0.272 e. The van der Waals surface area contributed by atoms with E-state index in [9.17, 15) is 14.0 Å². The van der Waals surface area contributed by atoms with Gasteiger partial charge in [0.05, 0.1) is 7.11 Å². The number of amides is 2. The molecule has 3 aromatic rings. The lowest BCUT2D eigenvalue weighted by molar-refractivity contribution is 0.0745. The van der Waals surface area contributed by atoms with Gasteiger partial charge < -0.3 is 15.0 Å². The van der Waals surface area contributed by atoms with Crippen LogP contribution in [0.3, 0.4) is 0 Å². The first-order valence-corrected chi connectivity index (χ1v) is 10.1. The summed E-state index contributed by atoms with van der Waals surface area (Å²) < 4.78 is 19.9.